The van der Waals surface area contributed by atoms with E-state index in [1.165, 1.54) is 23.5 Å². The topological polar surface area (TPSA) is 78.3 Å². The lowest BCUT2D eigenvalue weighted by molar-refractivity contribution is 0.404. The van der Waals surface area contributed by atoms with Crippen molar-refractivity contribution in [2.24, 2.45) is 5.92 Å². The molecule has 5 nitrogen and oxygen atoms in total. The van der Waals surface area contributed by atoms with Gasteiger partial charge in [0.1, 0.15) is 10.0 Å². The van der Waals surface area contributed by atoms with Gasteiger partial charge in [-0.05, 0) is 30.7 Å². The van der Waals surface area contributed by atoms with Crippen LogP contribution in [-0.4, -0.2) is 27.0 Å². The fourth-order valence-electron chi connectivity index (χ4n) is 1.57. The van der Waals surface area contributed by atoms with Gasteiger partial charge < -0.3 is 15.5 Å². The molecule has 6 heteroatoms. The Kier molecular flexibility index (Phi) is 4.34. The van der Waals surface area contributed by atoms with Gasteiger partial charge in [-0.25, -0.2) is 0 Å². The van der Waals surface area contributed by atoms with Crippen molar-refractivity contribution in [3.63, 3.8) is 0 Å². The molecule has 0 unspecified atom stereocenters. The van der Waals surface area contributed by atoms with Gasteiger partial charge in [0.15, 0.2) is 11.5 Å². The molecular formula is C13H17N3O2S. The van der Waals surface area contributed by atoms with Crippen LogP contribution in [-0.2, 0) is 6.54 Å². The minimum absolute atomic E-state index is 0.132. The molecule has 0 spiro atoms. The predicted octanol–water partition coefficient (Wildman–Crippen LogP) is 2.36. The summed E-state index contributed by atoms with van der Waals surface area (Å²) < 4.78 is 0. The summed E-state index contributed by atoms with van der Waals surface area (Å²) in [5.41, 5.74) is 0.753. The molecule has 19 heavy (non-hydrogen) atoms. The first-order chi connectivity index (χ1) is 9.06. The number of aromatic hydroxyl groups is 2. The normalized spacial score (nSPS) is 11.1. The lowest BCUT2D eigenvalue weighted by atomic mass is 10.2. The van der Waals surface area contributed by atoms with E-state index in [1.807, 2.05) is 0 Å². The number of hydrogen-bond acceptors (Lipinski definition) is 6. The lowest BCUT2D eigenvalue weighted by Crippen LogP contribution is -2.18. The van der Waals surface area contributed by atoms with Gasteiger partial charge in [0, 0.05) is 12.1 Å². The van der Waals surface area contributed by atoms with Crippen LogP contribution < -0.4 is 5.32 Å². The summed E-state index contributed by atoms with van der Waals surface area (Å²) in [6.07, 6.45) is 0. The summed E-state index contributed by atoms with van der Waals surface area (Å²) in [4.78, 5) is 0. The standard InChI is InChI=1S/C13H17N3O2S/c1-8(2)6-14-7-12-15-16-13(19-12)9-3-4-10(17)11(18)5-9/h3-5,8,14,17-18H,6-7H2,1-2H3. The van der Waals surface area contributed by atoms with Gasteiger partial charge in [-0.2, -0.15) is 0 Å². The Labute approximate surface area is 115 Å². The van der Waals surface area contributed by atoms with Gasteiger partial charge in [-0.3, -0.25) is 0 Å². The highest BCUT2D eigenvalue weighted by Gasteiger charge is 2.09. The van der Waals surface area contributed by atoms with Gasteiger partial charge in [-0.1, -0.05) is 25.2 Å². The molecule has 0 bridgehead atoms. The van der Waals surface area contributed by atoms with Crippen LogP contribution >= 0.6 is 11.3 Å². The quantitative estimate of drug-likeness (QED) is 0.732. The third kappa shape index (κ3) is 3.65. The van der Waals surface area contributed by atoms with Gasteiger partial charge in [0.25, 0.3) is 0 Å². The van der Waals surface area contributed by atoms with E-state index in [1.54, 1.807) is 6.07 Å². The van der Waals surface area contributed by atoms with Crippen LogP contribution in [0.4, 0.5) is 0 Å². The second-order valence-electron chi connectivity index (χ2n) is 4.73. The molecule has 0 fully saturated rings. The maximum absolute atomic E-state index is 9.46. The van der Waals surface area contributed by atoms with Crippen molar-refractivity contribution in [2.75, 3.05) is 6.54 Å². The number of rotatable bonds is 5. The molecule has 102 valence electrons. The predicted molar refractivity (Wildman–Crippen MR) is 75.2 cm³/mol. The fraction of sp³-hybridized carbons (Fsp3) is 0.385. The molecule has 2 rings (SSSR count). The largest absolute Gasteiger partial charge is 0.504 e. The summed E-state index contributed by atoms with van der Waals surface area (Å²) in [5, 5.41) is 31.9. The van der Waals surface area contributed by atoms with Crippen molar-refractivity contribution < 1.29 is 10.2 Å². The van der Waals surface area contributed by atoms with E-state index in [0.717, 1.165) is 22.1 Å². The molecular weight excluding hydrogens is 262 g/mol. The van der Waals surface area contributed by atoms with Crippen LogP contribution in [0.5, 0.6) is 11.5 Å². The minimum atomic E-state index is -0.146. The molecule has 1 heterocycles. The number of hydrogen-bond donors (Lipinski definition) is 3. The van der Waals surface area contributed by atoms with Gasteiger partial charge in [-0.15, -0.1) is 10.2 Å². The minimum Gasteiger partial charge on any atom is -0.504 e. The van der Waals surface area contributed by atoms with Crippen molar-refractivity contribution in [2.45, 2.75) is 20.4 Å². The third-order valence-corrected chi connectivity index (χ3v) is 3.49. The monoisotopic (exact) mass is 279 g/mol. The number of phenolic OH excluding ortho intramolecular Hbond substituents is 2. The Hall–Kier alpha value is -1.66. The number of phenols is 2. The van der Waals surface area contributed by atoms with E-state index in [0.29, 0.717) is 12.5 Å². The first kappa shape index (κ1) is 13.8. The molecule has 0 amide bonds. The highest BCUT2D eigenvalue weighted by Crippen LogP contribution is 2.31. The van der Waals surface area contributed by atoms with Crippen LogP contribution in [0.25, 0.3) is 10.6 Å². The molecule has 0 radical (unpaired) electrons. The van der Waals surface area contributed by atoms with E-state index in [2.05, 4.69) is 29.4 Å². The fourth-order valence-corrected chi connectivity index (χ4v) is 2.37. The van der Waals surface area contributed by atoms with Crippen LogP contribution in [0, 0.1) is 5.92 Å². The molecule has 0 atom stereocenters. The smallest absolute Gasteiger partial charge is 0.158 e. The van der Waals surface area contributed by atoms with Crippen LogP contribution in [0.1, 0.15) is 18.9 Å². The van der Waals surface area contributed by atoms with E-state index in [9.17, 15) is 10.2 Å². The zero-order chi connectivity index (χ0) is 13.8. The zero-order valence-electron chi connectivity index (χ0n) is 10.9. The first-order valence-electron chi connectivity index (χ1n) is 6.11. The Bertz CT molecular complexity index is 555. The molecule has 1 aromatic carbocycles. The molecule has 0 saturated carbocycles. The van der Waals surface area contributed by atoms with E-state index < -0.39 is 0 Å². The third-order valence-electron chi connectivity index (χ3n) is 2.52. The Morgan fingerprint density at radius 1 is 1.21 bits per heavy atom. The molecule has 0 aliphatic carbocycles. The van der Waals surface area contributed by atoms with Crippen LogP contribution in [0.15, 0.2) is 18.2 Å². The maximum atomic E-state index is 9.46. The number of aromatic nitrogens is 2. The summed E-state index contributed by atoms with van der Waals surface area (Å²) in [6.45, 7) is 5.93. The second kappa shape index (κ2) is 5.99. The first-order valence-corrected chi connectivity index (χ1v) is 6.93. The van der Waals surface area contributed by atoms with E-state index in [-0.39, 0.29) is 11.5 Å². The molecule has 0 saturated heterocycles. The van der Waals surface area contributed by atoms with Crippen LogP contribution in [0.3, 0.4) is 0 Å². The molecule has 0 aliphatic rings. The summed E-state index contributed by atoms with van der Waals surface area (Å²) in [7, 11) is 0. The molecule has 1 aromatic heterocycles. The summed E-state index contributed by atoms with van der Waals surface area (Å²) in [6, 6.07) is 4.64. The SMILES string of the molecule is CC(C)CNCc1nnc(-c2ccc(O)c(O)c2)s1. The van der Waals surface area contributed by atoms with Crippen LogP contribution in [0.2, 0.25) is 0 Å². The highest BCUT2D eigenvalue weighted by molar-refractivity contribution is 7.14. The van der Waals surface area contributed by atoms with Crippen molar-refractivity contribution in [1.29, 1.82) is 0 Å². The van der Waals surface area contributed by atoms with Crippen molar-refractivity contribution >= 4 is 11.3 Å². The number of benzene rings is 1. The number of nitrogens with zero attached hydrogens (tertiary/aromatic N) is 2. The van der Waals surface area contributed by atoms with Crippen molar-refractivity contribution in [1.82, 2.24) is 15.5 Å². The molecule has 3 N–H and O–H groups in total. The van der Waals surface area contributed by atoms with Gasteiger partial charge in [0.2, 0.25) is 0 Å². The van der Waals surface area contributed by atoms with Crippen molar-refractivity contribution in [3.8, 4) is 22.1 Å². The average Bonchev–Trinajstić information content (AvgIpc) is 2.81. The maximum Gasteiger partial charge on any atom is 0.158 e. The molecule has 0 aliphatic heterocycles. The van der Waals surface area contributed by atoms with E-state index >= 15 is 0 Å². The number of nitrogens with one attached hydrogen (secondary N) is 1. The van der Waals surface area contributed by atoms with E-state index in [4.69, 9.17) is 0 Å². The second-order valence-corrected chi connectivity index (χ2v) is 5.79. The Morgan fingerprint density at radius 2 is 2.00 bits per heavy atom. The molecule has 2 aromatic rings. The average molecular weight is 279 g/mol. The van der Waals surface area contributed by atoms with Gasteiger partial charge in [0.05, 0.1) is 0 Å². The summed E-state index contributed by atoms with van der Waals surface area (Å²) >= 11 is 1.47. The zero-order valence-corrected chi connectivity index (χ0v) is 11.7. The van der Waals surface area contributed by atoms with Crippen molar-refractivity contribution in [3.05, 3.63) is 23.2 Å². The van der Waals surface area contributed by atoms with Gasteiger partial charge >= 0.3 is 0 Å². The lowest BCUT2D eigenvalue weighted by Gasteiger charge is -2.04. The highest BCUT2D eigenvalue weighted by atomic mass is 32.1. The Morgan fingerprint density at radius 3 is 2.68 bits per heavy atom. The Balaban J connectivity index is 2.05. The summed E-state index contributed by atoms with van der Waals surface area (Å²) in [5.74, 6) is 0.320.